The third kappa shape index (κ3) is 3.37. The van der Waals surface area contributed by atoms with Gasteiger partial charge in [-0.3, -0.25) is 0 Å². The van der Waals surface area contributed by atoms with E-state index in [1.807, 2.05) is 28.8 Å². The zero-order chi connectivity index (χ0) is 19.8. The molecule has 4 aromatic rings. The van der Waals surface area contributed by atoms with Gasteiger partial charge in [0.05, 0.1) is 11.4 Å². The Morgan fingerprint density at radius 3 is 2.41 bits per heavy atom. The Balaban J connectivity index is 1.69. The number of piperidine rings is 1. The molecule has 1 unspecified atom stereocenters. The summed E-state index contributed by atoms with van der Waals surface area (Å²) in [5.74, 6) is 0.819. The van der Waals surface area contributed by atoms with Gasteiger partial charge in [-0.15, -0.1) is 0 Å². The number of hydrogen-bond donors (Lipinski definition) is 0. The van der Waals surface area contributed by atoms with E-state index < -0.39 is 0 Å². The second-order valence-electron chi connectivity index (χ2n) is 7.71. The molecule has 1 saturated heterocycles. The molecule has 29 heavy (non-hydrogen) atoms. The molecule has 2 aromatic carbocycles. The van der Waals surface area contributed by atoms with Crippen molar-refractivity contribution in [1.29, 1.82) is 0 Å². The van der Waals surface area contributed by atoms with Crippen LogP contribution < -0.4 is 4.90 Å². The van der Waals surface area contributed by atoms with Crippen molar-refractivity contribution in [2.24, 2.45) is 0 Å². The van der Waals surface area contributed by atoms with Crippen LogP contribution in [0, 0.1) is 5.82 Å². The van der Waals surface area contributed by atoms with E-state index in [2.05, 4.69) is 30.0 Å². The maximum Gasteiger partial charge on any atom is 0.158 e. The van der Waals surface area contributed by atoms with Crippen molar-refractivity contribution >= 4 is 11.5 Å². The number of nitrogens with zero attached hydrogens (tertiary/aromatic N) is 4. The highest BCUT2D eigenvalue weighted by Gasteiger charge is 2.23. The Hall–Kier alpha value is -3.21. The highest BCUT2D eigenvalue weighted by atomic mass is 19.1. The maximum absolute atomic E-state index is 13.4. The molecule has 0 radical (unpaired) electrons. The van der Waals surface area contributed by atoms with Crippen molar-refractivity contribution in [3.8, 4) is 22.5 Å². The lowest BCUT2D eigenvalue weighted by Gasteiger charge is -2.35. The molecule has 0 aliphatic carbocycles. The van der Waals surface area contributed by atoms with Gasteiger partial charge in [0, 0.05) is 35.8 Å². The fourth-order valence-corrected chi connectivity index (χ4v) is 4.12. The third-order valence-electron chi connectivity index (χ3n) is 5.72. The largest absolute Gasteiger partial charge is 0.354 e. The standard InChI is InChI=1S/C24H23FN4/c1-17-7-5-6-14-28(17)24-16-21(18-8-3-2-4-9-18)26-23-15-22(27-29(23)24)19-10-12-20(25)13-11-19/h2-4,8-13,15-17H,5-7,14H2,1H3. The van der Waals surface area contributed by atoms with E-state index in [1.54, 1.807) is 12.1 Å². The molecular weight excluding hydrogens is 363 g/mol. The summed E-state index contributed by atoms with van der Waals surface area (Å²) in [5, 5.41) is 4.85. The maximum atomic E-state index is 13.4. The van der Waals surface area contributed by atoms with Gasteiger partial charge in [-0.25, -0.2) is 9.37 Å². The number of aromatic nitrogens is 3. The summed E-state index contributed by atoms with van der Waals surface area (Å²) in [7, 11) is 0. The third-order valence-corrected chi connectivity index (χ3v) is 5.72. The SMILES string of the molecule is CC1CCCCN1c1cc(-c2ccccc2)nc2cc(-c3ccc(F)cc3)nn12. The van der Waals surface area contributed by atoms with Gasteiger partial charge in [-0.1, -0.05) is 30.3 Å². The molecule has 5 heteroatoms. The lowest BCUT2D eigenvalue weighted by atomic mass is 10.0. The van der Waals surface area contributed by atoms with Crippen LogP contribution in [-0.2, 0) is 0 Å². The Bertz CT molecular complexity index is 1130. The van der Waals surface area contributed by atoms with Crippen LogP contribution in [0.1, 0.15) is 26.2 Å². The monoisotopic (exact) mass is 386 g/mol. The Morgan fingerprint density at radius 1 is 0.897 bits per heavy atom. The molecular formula is C24H23FN4. The first-order chi connectivity index (χ1) is 14.2. The summed E-state index contributed by atoms with van der Waals surface area (Å²) in [6, 6.07) is 21.3. The fraction of sp³-hybridized carbons (Fsp3) is 0.250. The van der Waals surface area contributed by atoms with E-state index >= 15 is 0 Å². The topological polar surface area (TPSA) is 33.4 Å². The summed E-state index contributed by atoms with van der Waals surface area (Å²) in [5.41, 5.74) is 4.52. The number of halogens is 1. The van der Waals surface area contributed by atoms with Crippen LogP contribution >= 0.6 is 0 Å². The van der Waals surface area contributed by atoms with Crippen LogP contribution in [0.2, 0.25) is 0 Å². The highest BCUT2D eigenvalue weighted by molar-refractivity contribution is 5.71. The average Bonchev–Trinajstić information content (AvgIpc) is 3.19. The minimum Gasteiger partial charge on any atom is -0.354 e. The predicted molar refractivity (Wildman–Crippen MR) is 114 cm³/mol. The zero-order valence-corrected chi connectivity index (χ0v) is 16.4. The molecule has 4 nitrogen and oxygen atoms in total. The van der Waals surface area contributed by atoms with Crippen LogP contribution in [-0.4, -0.2) is 27.2 Å². The minimum atomic E-state index is -0.246. The lowest BCUT2D eigenvalue weighted by molar-refractivity contribution is 0.478. The van der Waals surface area contributed by atoms with Gasteiger partial charge in [-0.2, -0.15) is 9.61 Å². The molecule has 3 heterocycles. The van der Waals surface area contributed by atoms with Crippen molar-refractivity contribution in [2.45, 2.75) is 32.2 Å². The van der Waals surface area contributed by atoms with Crippen LogP contribution in [0.3, 0.4) is 0 Å². The van der Waals surface area contributed by atoms with E-state index in [0.29, 0.717) is 6.04 Å². The molecule has 5 rings (SSSR count). The minimum absolute atomic E-state index is 0.246. The summed E-state index contributed by atoms with van der Waals surface area (Å²) in [4.78, 5) is 7.33. The molecule has 1 aliphatic heterocycles. The lowest BCUT2D eigenvalue weighted by Crippen LogP contribution is -2.38. The number of rotatable bonds is 3. The van der Waals surface area contributed by atoms with Gasteiger partial charge in [-0.05, 0) is 50.5 Å². The predicted octanol–water partition coefficient (Wildman–Crippen LogP) is 5.58. The van der Waals surface area contributed by atoms with E-state index in [1.165, 1.54) is 31.4 Å². The molecule has 146 valence electrons. The van der Waals surface area contributed by atoms with Gasteiger partial charge in [0.25, 0.3) is 0 Å². The normalized spacial score (nSPS) is 17.0. The first-order valence-electron chi connectivity index (χ1n) is 10.2. The molecule has 1 aliphatic rings. The zero-order valence-electron chi connectivity index (χ0n) is 16.4. The molecule has 0 spiro atoms. The van der Waals surface area contributed by atoms with Crippen molar-refractivity contribution in [1.82, 2.24) is 14.6 Å². The summed E-state index contributed by atoms with van der Waals surface area (Å²) < 4.78 is 15.3. The van der Waals surface area contributed by atoms with Crippen molar-refractivity contribution < 1.29 is 4.39 Å². The second kappa shape index (κ2) is 7.32. The molecule has 0 bridgehead atoms. The van der Waals surface area contributed by atoms with Crippen LogP contribution in [0.15, 0.2) is 66.7 Å². The summed E-state index contributed by atoms with van der Waals surface area (Å²) in [6.45, 7) is 3.29. The second-order valence-corrected chi connectivity index (χ2v) is 7.71. The summed E-state index contributed by atoms with van der Waals surface area (Å²) >= 11 is 0. The van der Waals surface area contributed by atoms with Crippen LogP contribution in [0.5, 0.6) is 0 Å². The Kier molecular flexibility index (Phi) is 4.51. The number of anilines is 1. The molecule has 1 fully saturated rings. The molecule has 0 N–H and O–H groups in total. The van der Waals surface area contributed by atoms with E-state index in [4.69, 9.17) is 10.1 Å². The van der Waals surface area contributed by atoms with Gasteiger partial charge in [0.15, 0.2) is 5.65 Å². The van der Waals surface area contributed by atoms with E-state index in [9.17, 15) is 4.39 Å². The Morgan fingerprint density at radius 2 is 1.66 bits per heavy atom. The number of hydrogen-bond acceptors (Lipinski definition) is 3. The first kappa shape index (κ1) is 17.9. The molecule has 2 aromatic heterocycles. The molecule has 1 atom stereocenters. The number of benzene rings is 2. The van der Waals surface area contributed by atoms with Crippen molar-refractivity contribution in [2.75, 3.05) is 11.4 Å². The number of fused-ring (bicyclic) bond motifs is 1. The van der Waals surface area contributed by atoms with Crippen LogP contribution in [0.25, 0.3) is 28.2 Å². The van der Waals surface area contributed by atoms with Gasteiger partial charge in [0.2, 0.25) is 0 Å². The van der Waals surface area contributed by atoms with E-state index in [-0.39, 0.29) is 5.82 Å². The van der Waals surface area contributed by atoms with Gasteiger partial charge >= 0.3 is 0 Å². The van der Waals surface area contributed by atoms with Crippen molar-refractivity contribution in [3.63, 3.8) is 0 Å². The van der Waals surface area contributed by atoms with Gasteiger partial charge < -0.3 is 4.90 Å². The van der Waals surface area contributed by atoms with Crippen LogP contribution in [0.4, 0.5) is 10.2 Å². The van der Waals surface area contributed by atoms with Crippen molar-refractivity contribution in [3.05, 3.63) is 72.5 Å². The summed E-state index contributed by atoms with van der Waals surface area (Å²) in [6.07, 6.45) is 3.62. The first-order valence-corrected chi connectivity index (χ1v) is 10.2. The van der Waals surface area contributed by atoms with Gasteiger partial charge in [0.1, 0.15) is 11.6 Å². The highest BCUT2D eigenvalue weighted by Crippen LogP contribution is 2.31. The quantitative estimate of drug-likeness (QED) is 0.461. The molecule has 0 amide bonds. The average molecular weight is 386 g/mol. The smallest absolute Gasteiger partial charge is 0.158 e. The molecule has 0 saturated carbocycles. The van der Waals surface area contributed by atoms with E-state index in [0.717, 1.165) is 40.5 Å². The Labute approximate surface area is 169 Å². The fourth-order valence-electron chi connectivity index (χ4n) is 4.12.